The summed E-state index contributed by atoms with van der Waals surface area (Å²) in [7, 11) is -1.99. The Labute approximate surface area is 229 Å². The number of amides is 1. The van der Waals surface area contributed by atoms with Crippen molar-refractivity contribution in [1.82, 2.24) is 19.2 Å². The van der Waals surface area contributed by atoms with Gasteiger partial charge in [-0.05, 0) is 56.0 Å². The van der Waals surface area contributed by atoms with Gasteiger partial charge >= 0.3 is 0 Å². The predicted molar refractivity (Wildman–Crippen MR) is 147 cm³/mol. The van der Waals surface area contributed by atoms with Crippen LogP contribution in [0.3, 0.4) is 0 Å². The van der Waals surface area contributed by atoms with Gasteiger partial charge in [0.05, 0.1) is 36.8 Å². The number of hydrogen-bond donors (Lipinski definition) is 0. The van der Waals surface area contributed by atoms with E-state index >= 15 is 0 Å². The van der Waals surface area contributed by atoms with Crippen molar-refractivity contribution in [2.75, 3.05) is 26.7 Å². The molecule has 3 atom stereocenters. The normalized spacial score (nSPS) is 21.8. The molecule has 0 aliphatic carbocycles. The van der Waals surface area contributed by atoms with Crippen molar-refractivity contribution < 1.29 is 22.7 Å². The Kier molecular flexibility index (Phi) is 7.97. The second-order valence-electron chi connectivity index (χ2n) is 10.3. The van der Waals surface area contributed by atoms with Crippen LogP contribution < -0.4 is 4.74 Å². The fourth-order valence-corrected chi connectivity index (χ4v) is 7.19. The first kappa shape index (κ1) is 27.2. The minimum Gasteiger partial charge on any atom is -0.486 e. The van der Waals surface area contributed by atoms with Gasteiger partial charge in [-0.2, -0.15) is 4.31 Å². The average Bonchev–Trinajstić information content (AvgIpc) is 3.58. The Morgan fingerprint density at radius 2 is 1.90 bits per heavy atom. The van der Waals surface area contributed by atoms with Gasteiger partial charge in [-0.25, -0.2) is 8.42 Å². The van der Waals surface area contributed by atoms with Crippen LogP contribution in [0.25, 0.3) is 0 Å². The summed E-state index contributed by atoms with van der Waals surface area (Å²) in [5.74, 6) is 0.353. The summed E-state index contributed by atoms with van der Waals surface area (Å²) >= 11 is 0. The van der Waals surface area contributed by atoms with Crippen LogP contribution in [-0.2, 0) is 20.5 Å². The quantitative estimate of drug-likeness (QED) is 0.422. The summed E-state index contributed by atoms with van der Waals surface area (Å²) in [6.07, 6.45) is 5.63. The molecule has 0 N–H and O–H groups in total. The molecule has 1 aromatic heterocycles. The molecule has 1 amide bonds. The number of benzene rings is 2. The number of ether oxygens (including phenoxy) is 2. The van der Waals surface area contributed by atoms with E-state index in [9.17, 15) is 13.2 Å². The molecule has 2 aliphatic heterocycles. The van der Waals surface area contributed by atoms with E-state index in [0.29, 0.717) is 42.2 Å². The molecular formula is C29H34N4O5S. The Hall–Kier alpha value is -3.34. The first-order valence-corrected chi connectivity index (χ1v) is 14.8. The molecule has 0 saturated carbocycles. The summed E-state index contributed by atoms with van der Waals surface area (Å²) in [6, 6.07) is 12.7. The zero-order valence-electron chi connectivity index (χ0n) is 22.5. The third-order valence-corrected chi connectivity index (χ3v) is 9.30. The van der Waals surface area contributed by atoms with Gasteiger partial charge in [0.25, 0.3) is 5.91 Å². The molecule has 1 unspecified atom stereocenters. The first-order valence-electron chi connectivity index (χ1n) is 13.2. The highest BCUT2D eigenvalue weighted by Crippen LogP contribution is 2.34. The van der Waals surface area contributed by atoms with Gasteiger partial charge in [0.1, 0.15) is 18.0 Å². The fourth-order valence-electron chi connectivity index (χ4n) is 5.41. The lowest BCUT2D eigenvalue weighted by Gasteiger charge is -2.24. The largest absolute Gasteiger partial charge is 0.486 e. The highest BCUT2D eigenvalue weighted by atomic mass is 32.2. The molecule has 206 valence electrons. The van der Waals surface area contributed by atoms with Crippen molar-refractivity contribution in [1.29, 1.82) is 0 Å². The van der Waals surface area contributed by atoms with E-state index in [4.69, 9.17) is 9.47 Å². The zero-order valence-corrected chi connectivity index (χ0v) is 23.3. The molecular weight excluding hydrogens is 516 g/mol. The number of nitrogens with zero attached hydrogens (tertiary/aromatic N) is 4. The van der Waals surface area contributed by atoms with Gasteiger partial charge in [-0.1, -0.05) is 29.8 Å². The summed E-state index contributed by atoms with van der Waals surface area (Å²) in [5.41, 5.74) is 3.94. The highest BCUT2D eigenvalue weighted by molar-refractivity contribution is 7.88. The standard InChI is InChI=1S/C29H34N4O5S/c1-20-9-10-21(2)24(14-20)29(34)32-17-27(37-3)28(18-32)38-23-7-4-6-22(15-23)19-39(35,36)33-13-5-8-26(33)25-16-30-11-12-31-25/h4,6-7,9-12,14-16,26-28H,5,8,13,17-19H2,1-3H3/t26?,27-,28-/m1/s1. The van der Waals surface area contributed by atoms with Crippen LogP contribution in [0, 0.1) is 13.8 Å². The number of methoxy groups -OCH3 is 1. The van der Waals surface area contributed by atoms with Crippen molar-refractivity contribution in [3.8, 4) is 5.75 Å². The van der Waals surface area contributed by atoms with E-state index in [0.717, 1.165) is 24.0 Å². The van der Waals surface area contributed by atoms with E-state index in [1.54, 1.807) is 59.2 Å². The second-order valence-corrected chi connectivity index (χ2v) is 12.2. The lowest BCUT2D eigenvalue weighted by Crippen LogP contribution is -2.32. The molecule has 0 bridgehead atoms. The number of carbonyl (C=O) groups is 1. The van der Waals surface area contributed by atoms with Crippen LogP contribution in [0.15, 0.2) is 61.1 Å². The lowest BCUT2D eigenvalue weighted by molar-refractivity contribution is 0.0339. The monoisotopic (exact) mass is 550 g/mol. The van der Waals surface area contributed by atoms with E-state index in [2.05, 4.69) is 9.97 Å². The average molecular weight is 551 g/mol. The molecule has 10 heteroatoms. The molecule has 0 spiro atoms. The third-order valence-electron chi connectivity index (χ3n) is 7.45. The lowest BCUT2D eigenvalue weighted by atomic mass is 10.0. The van der Waals surface area contributed by atoms with Crippen molar-refractivity contribution >= 4 is 15.9 Å². The smallest absolute Gasteiger partial charge is 0.254 e. The van der Waals surface area contributed by atoms with Crippen LogP contribution in [-0.4, -0.2) is 72.5 Å². The number of sulfonamides is 1. The molecule has 3 aromatic rings. The van der Waals surface area contributed by atoms with E-state index in [1.807, 2.05) is 32.0 Å². The molecule has 5 rings (SSSR count). The molecule has 9 nitrogen and oxygen atoms in total. The number of carbonyl (C=O) groups excluding carboxylic acids is 1. The molecule has 2 aromatic carbocycles. The maximum absolute atomic E-state index is 13.4. The summed E-state index contributed by atoms with van der Waals surface area (Å²) in [6.45, 7) is 5.15. The van der Waals surface area contributed by atoms with Gasteiger partial charge in [0.15, 0.2) is 0 Å². The van der Waals surface area contributed by atoms with Gasteiger partial charge in [0, 0.05) is 31.6 Å². The Bertz CT molecular complexity index is 1430. The maximum atomic E-state index is 13.4. The van der Waals surface area contributed by atoms with Gasteiger partial charge < -0.3 is 14.4 Å². The van der Waals surface area contributed by atoms with Crippen LogP contribution in [0.5, 0.6) is 5.75 Å². The molecule has 2 fully saturated rings. The number of aryl methyl sites for hydroxylation is 2. The van der Waals surface area contributed by atoms with E-state index < -0.39 is 10.0 Å². The zero-order chi connectivity index (χ0) is 27.6. The van der Waals surface area contributed by atoms with Crippen LogP contribution >= 0.6 is 0 Å². The summed E-state index contributed by atoms with van der Waals surface area (Å²) in [5, 5.41) is 0. The molecule has 3 heterocycles. The Balaban J connectivity index is 1.28. The van der Waals surface area contributed by atoms with E-state index in [1.165, 1.54) is 0 Å². The summed E-state index contributed by atoms with van der Waals surface area (Å²) < 4.78 is 40.3. The van der Waals surface area contributed by atoms with Crippen molar-refractivity contribution in [3.63, 3.8) is 0 Å². The van der Waals surface area contributed by atoms with Crippen LogP contribution in [0.4, 0.5) is 0 Å². The SMILES string of the molecule is CO[C@@H]1CN(C(=O)c2cc(C)ccc2C)C[C@H]1Oc1cccc(CS(=O)(=O)N2CCCC2c2cnccn2)c1. The Morgan fingerprint density at radius 3 is 2.67 bits per heavy atom. The highest BCUT2D eigenvalue weighted by Gasteiger charge is 2.38. The number of hydrogen-bond acceptors (Lipinski definition) is 7. The number of aromatic nitrogens is 2. The molecule has 2 aliphatic rings. The fraction of sp³-hybridized carbons (Fsp3) is 0.414. The van der Waals surface area contributed by atoms with Gasteiger partial charge in [-0.3, -0.25) is 14.8 Å². The minimum absolute atomic E-state index is 0.0486. The summed E-state index contributed by atoms with van der Waals surface area (Å²) in [4.78, 5) is 23.5. The van der Waals surface area contributed by atoms with Crippen LogP contribution in [0.1, 0.15) is 51.6 Å². The number of rotatable bonds is 8. The van der Waals surface area contributed by atoms with E-state index in [-0.39, 0.29) is 29.9 Å². The van der Waals surface area contributed by atoms with Gasteiger partial charge in [-0.15, -0.1) is 0 Å². The maximum Gasteiger partial charge on any atom is 0.254 e. The minimum atomic E-state index is -3.60. The molecule has 2 saturated heterocycles. The van der Waals surface area contributed by atoms with Gasteiger partial charge in [0.2, 0.25) is 10.0 Å². The molecule has 39 heavy (non-hydrogen) atoms. The topological polar surface area (TPSA) is 102 Å². The Morgan fingerprint density at radius 1 is 1.08 bits per heavy atom. The molecule has 0 radical (unpaired) electrons. The third kappa shape index (κ3) is 5.98. The van der Waals surface area contributed by atoms with Crippen LogP contribution in [0.2, 0.25) is 0 Å². The number of likely N-dealkylation sites (tertiary alicyclic amines) is 1. The van der Waals surface area contributed by atoms with Crippen molar-refractivity contribution in [2.45, 2.75) is 50.7 Å². The first-order chi connectivity index (χ1) is 18.7. The van der Waals surface area contributed by atoms with Crippen molar-refractivity contribution in [3.05, 3.63) is 89.0 Å². The predicted octanol–water partition coefficient (Wildman–Crippen LogP) is 3.68. The second kappa shape index (κ2) is 11.4. The van der Waals surface area contributed by atoms with Crippen molar-refractivity contribution in [2.24, 2.45) is 0 Å².